The topological polar surface area (TPSA) is 24.9 Å². The predicted octanol–water partition coefficient (Wildman–Crippen LogP) is 3.75. The molecule has 1 aliphatic rings. The molecule has 0 spiro atoms. The summed E-state index contributed by atoms with van der Waals surface area (Å²) in [5, 5.41) is 3.85. The van der Waals surface area contributed by atoms with E-state index in [1.807, 2.05) is 0 Å². The third kappa shape index (κ3) is 2.51. The maximum atomic E-state index is 13.9. The van der Waals surface area contributed by atoms with Crippen LogP contribution in [0, 0.1) is 11.6 Å². The minimum absolute atomic E-state index is 0. The molecule has 1 aliphatic heterocycles. The smallest absolute Gasteiger partial charge is 0.152 e. The summed E-state index contributed by atoms with van der Waals surface area (Å²) in [6, 6.07) is 3.36. The molecular weight excluding hydrogens is 305 g/mol. The molecular formula is C14H12Cl2F2N2. The van der Waals surface area contributed by atoms with Gasteiger partial charge < -0.3 is 5.32 Å². The van der Waals surface area contributed by atoms with E-state index in [0.717, 1.165) is 36.5 Å². The lowest BCUT2D eigenvalue weighted by molar-refractivity contribution is 0.577. The molecule has 20 heavy (non-hydrogen) atoms. The second-order valence-corrected chi connectivity index (χ2v) is 4.86. The molecule has 0 aliphatic carbocycles. The van der Waals surface area contributed by atoms with Crippen molar-refractivity contribution >= 4 is 24.0 Å². The molecule has 0 bridgehead atoms. The number of nitrogens with one attached hydrogen (secondary N) is 1. The maximum Gasteiger partial charge on any atom is 0.152 e. The summed E-state index contributed by atoms with van der Waals surface area (Å²) < 4.78 is 27.7. The van der Waals surface area contributed by atoms with Crippen LogP contribution in [0.1, 0.15) is 11.1 Å². The van der Waals surface area contributed by atoms with Crippen molar-refractivity contribution in [1.29, 1.82) is 0 Å². The van der Waals surface area contributed by atoms with Gasteiger partial charge in [0.15, 0.2) is 11.6 Å². The molecule has 106 valence electrons. The number of halogens is 4. The Bertz CT molecular complexity index is 627. The normalized spacial score (nSPS) is 13.6. The SMILES string of the molecule is Cl.Fc1cncc(F)c1-c1ccc(Cl)c2c1CNCC2. The van der Waals surface area contributed by atoms with Gasteiger partial charge in [0.1, 0.15) is 0 Å². The number of hydrogen-bond donors (Lipinski definition) is 1. The second-order valence-electron chi connectivity index (χ2n) is 4.46. The van der Waals surface area contributed by atoms with Crippen molar-refractivity contribution in [3.8, 4) is 11.1 Å². The first kappa shape index (κ1) is 15.2. The van der Waals surface area contributed by atoms with E-state index in [0.29, 0.717) is 17.1 Å². The largest absolute Gasteiger partial charge is 0.312 e. The summed E-state index contributed by atoms with van der Waals surface area (Å²) in [6.45, 7) is 1.38. The average molecular weight is 317 g/mol. The van der Waals surface area contributed by atoms with E-state index in [1.54, 1.807) is 12.1 Å². The Morgan fingerprint density at radius 1 is 1.10 bits per heavy atom. The first-order chi connectivity index (χ1) is 9.18. The van der Waals surface area contributed by atoms with Gasteiger partial charge in [0, 0.05) is 11.6 Å². The summed E-state index contributed by atoms with van der Waals surface area (Å²) in [4.78, 5) is 3.51. The highest BCUT2D eigenvalue weighted by Crippen LogP contribution is 2.34. The number of pyridine rings is 1. The van der Waals surface area contributed by atoms with E-state index in [9.17, 15) is 8.78 Å². The lowest BCUT2D eigenvalue weighted by Crippen LogP contribution is -2.24. The Balaban J connectivity index is 0.00000147. The number of benzene rings is 1. The van der Waals surface area contributed by atoms with Crippen molar-refractivity contribution < 1.29 is 8.78 Å². The molecule has 0 amide bonds. The van der Waals surface area contributed by atoms with Gasteiger partial charge >= 0.3 is 0 Å². The number of rotatable bonds is 1. The van der Waals surface area contributed by atoms with Gasteiger partial charge in [-0.3, -0.25) is 4.98 Å². The third-order valence-electron chi connectivity index (χ3n) is 3.35. The van der Waals surface area contributed by atoms with Crippen molar-refractivity contribution in [2.24, 2.45) is 0 Å². The van der Waals surface area contributed by atoms with Crippen molar-refractivity contribution in [1.82, 2.24) is 10.3 Å². The molecule has 1 N–H and O–H groups in total. The molecule has 0 saturated heterocycles. The van der Waals surface area contributed by atoms with E-state index < -0.39 is 11.6 Å². The Hall–Kier alpha value is -1.23. The first-order valence-electron chi connectivity index (χ1n) is 5.99. The van der Waals surface area contributed by atoms with Crippen LogP contribution in [0.2, 0.25) is 5.02 Å². The summed E-state index contributed by atoms with van der Waals surface area (Å²) in [5.74, 6) is -1.31. The number of hydrogen-bond acceptors (Lipinski definition) is 2. The van der Waals surface area contributed by atoms with Gasteiger partial charge in [0.05, 0.1) is 18.0 Å². The van der Waals surface area contributed by atoms with Crippen LogP contribution < -0.4 is 5.32 Å². The molecule has 0 fully saturated rings. The van der Waals surface area contributed by atoms with Crippen LogP contribution >= 0.6 is 24.0 Å². The molecule has 0 radical (unpaired) electrons. The Morgan fingerprint density at radius 2 is 1.80 bits per heavy atom. The number of aromatic nitrogens is 1. The van der Waals surface area contributed by atoms with Crippen LogP contribution in [0.15, 0.2) is 24.5 Å². The molecule has 6 heteroatoms. The zero-order chi connectivity index (χ0) is 13.4. The standard InChI is InChI=1S/C14H11ClF2N2.ClH/c15-11-2-1-9(10-5-18-4-3-8(10)11)14-12(16)6-19-7-13(14)17;/h1-2,6-7,18H,3-5H2;1H. The fourth-order valence-electron chi connectivity index (χ4n) is 2.47. The van der Waals surface area contributed by atoms with Gasteiger partial charge in [0.25, 0.3) is 0 Å². The quantitative estimate of drug-likeness (QED) is 0.866. The van der Waals surface area contributed by atoms with Crippen molar-refractivity contribution in [2.75, 3.05) is 6.54 Å². The van der Waals surface area contributed by atoms with E-state index in [2.05, 4.69) is 10.3 Å². The van der Waals surface area contributed by atoms with E-state index >= 15 is 0 Å². The highest BCUT2D eigenvalue weighted by Gasteiger charge is 2.21. The lowest BCUT2D eigenvalue weighted by Gasteiger charge is -2.22. The van der Waals surface area contributed by atoms with Gasteiger partial charge in [-0.2, -0.15) is 0 Å². The van der Waals surface area contributed by atoms with Crippen LogP contribution in [-0.2, 0) is 13.0 Å². The molecule has 1 aromatic carbocycles. The number of nitrogens with zero attached hydrogens (tertiary/aromatic N) is 1. The maximum absolute atomic E-state index is 13.9. The molecule has 1 aromatic heterocycles. The molecule has 0 unspecified atom stereocenters. The van der Waals surface area contributed by atoms with Gasteiger partial charge in [0.2, 0.25) is 0 Å². The van der Waals surface area contributed by atoms with E-state index in [1.165, 1.54) is 0 Å². The third-order valence-corrected chi connectivity index (χ3v) is 3.70. The second kappa shape index (κ2) is 6.04. The summed E-state index contributed by atoms with van der Waals surface area (Å²) in [6.07, 6.45) is 2.81. The summed E-state index contributed by atoms with van der Waals surface area (Å²) in [5.41, 5.74) is 2.34. The Morgan fingerprint density at radius 3 is 2.50 bits per heavy atom. The molecule has 2 nitrogen and oxygen atoms in total. The monoisotopic (exact) mass is 316 g/mol. The van der Waals surface area contributed by atoms with Gasteiger partial charge in [-0.05, 0) is 35.7 Å². The van der Waals surface area contributed by atoms with Crippen molar-refractivity contribution in [3.05, 3.63) is 52.3 Å². The zero-order valence-corrected chi connectivity index (χ0v) is 12.0. The van der Waals surface area contributed by atoms with E-state index in [-0.39, 0.29) is 18.0 Å². The lowest BCUT2D eigenvalue weighted by atomic mass is 9.92. The van der Waals surface area contributed by atoms with Crippen LogP contribution in [0.4, 0.5) is 8.78 Å². The molecule has 2 heterocycles. The molecule has 2 aromatic rings. The Labute approximate surface area is 126 Å². The highest BCUT2D eigenvalue weighted by atomic mass is 35.5. The molecule has 3 rings (SSSR count). The van der Waals surface area contributed by atoms with Gasteiger partial charge in [-0.15, -0.1) is 12.4 Å². The summed E-state index contributed by atoms with van der Waals surface area (Å²) >= 11 is 6.15. The fraction of sp³-hybridized carbons (Fsp3) is 0.214. The minimum atomic E-state index is -0.657. The van der Waals surface area contributed by atoms with Crippen LogP contribution in [0.3, 0.4) is 0 Å². The highest BCUT2D eigenvalue weighted by molar-refractivity contribution is 6.31. The summed E-state index contributed by atoms with van der Waals surface area (Å²) in [7, 11) is 0. The van der Waals surface area contributed by atoms with Crippen LogP contribution in [0.5, 0.6) is 0 Å². The van der Waals surface area contributed by atoms with Crippen molar-refractivity contribution in [2.45, 2.75) is 13.0 Å². The predicted molar refractivity (Wildman–Crippen MR) is 77.3 cm³/mol. The molecule has 0 atom stereocenters. The van der Waals surface area contributed by atoms with E-state index in [4.69, 9.17) is 11.6 Å². The minimum Gasteiger partial charge on any atom is -0.312 e. The average Bonchev–Trinajstić information content (AvgIpc) is 2.41. The van der Waals surface area contributed by atoms with Crippen molar-refractivity contribution in [3.63, 3.8) is 0 Å². The number of fused-ring (bicyclic) bond motifs is 1. The molecule has 0 saturated carbocycles. The fourth-order valence-corrected chi connectivity index (χ4v) is 2.74. The first-order valence-corrected chi connectivity index (χ1v) is 6.36. The zero-order valence-electron chi connectivity index (χ0n) is 10.4. The van der Waals surface area contributed by atoms with Gasteiger partial charge in [-0.1, -0.05) is 17.7 Å². The Kier molecular flexibility index (Phi) is 4.58. The van der Waals surface area contributed by atoms with Crippen LogP contribution in [0.25, 0.3) is 11.1 Å². The van der Waals surface area contributed by atoms with Gasteiger partial charge in [-0.25, -0.2) is 8.78 Å². The van der Waals surface area contributed by atoms with Crippen LogP contribution in [-0.4, -0.2) is 11.5 Å².